The number of aryl methyl sites for hydroxylation is 1. The van der Waals surface area contributed by atoms with E-state index < -0.39 is 10.0 Å². The molecule has 0 amide bonds. The Morgan fingerprint density at radius 3 is 2.48 bits per heavy atom. The van der Waals surface area contributed by atoms with E-state index in [2.05, 4.69) is 25.9 Å². The number of nitrogens with zero attached hydrogens (tertiary/aromatic N) is 3. The third kappa shape index (κ3) is 4.17. The van der Waals surface area contributed by atoms with E-state index in [0.29, 0.717) is 5.01 Å². The molecule has 0 aliphatic heterocycles. The van der Waals surface area contributed by atoms with Crippen molar-refractivity contribution in [2.75, 3.05) is 7.05 Å². The summed E-state index contributed by atoms with van der Waals surface area (Å²) in [6.45, 7) is 2.27. The van der Waals surface area contributed by atoms with Gasteiger partial charge >= 0.3 is 0 Å². The number of halogens is 1. The van der Waals surface area contributed by atoms with Crippen LogP contribution < -0.4 is 0 Å². The van der Waals surface area contributed by atoms with E-state index >= 15 is 0 Å². The largest absolute Gasteiger partial charge is 0.261 e. The number of aromatic nitrogens is 2. The molecule has 9 heteroatoms. The predicted octanol–water partition coefficient (Wildman–Crippen LogP) is 4.41. The Balaban J connectivity index is 1.80. The van der Waals surface area contributed by atoms with Crippen molar-refractivity contribution in [1.29, 1.82) is 0 Å². The van der Waals surface area contributed by atoms with Crippen molar-refractivity contribution in [2.45, 2.75) is 24.9 Å². The fourth-order valence-corrected chi connectivity index (χ4v) is 5.36. The Morgan fingerprint density at radius 2 is 1.84 bits per heavy atom. The summed E-state index contributed by atoms with van der Waals surface area (Å²) in [4.78, 5) is 8.75. The summed E-state index contributed by atoms with van der Waals surface area (Å²) in [7, 11) is -2.09. The normalized spacial score (nSPS) is 12.0. The predicted molar refractivity (Wildman–Crippen MR) is 105 cm³/mol. The Labute approximate surface area is 163 Å². The van der Waals surface area contributed by atoms with Crippen LogP contribution in [-0.2, 0) is 23.0 Å². The van der Waals surface area contributed by atoms with Gasteiger partial charge < -0.3 is 0 Å². The van der Waals surface area contributed by atoms with Gasteiger partial charge in [-0.05, 0) is 18.6 Å². The van der Waals surface area contributed by atoms with E-state index in [1.807, 2.05) is 36.6 Å². The molecule has 3 rings (SSSR count). The summed E-state index contributed by atoms with van der Waals surface area (Å²) >= 11 is 6.26. The molecule has 0 N–H and O–H groups in total. The molecule has 132 valence electrons. The lowest BCUT2D eigenvalue weighted by Gasteiger charge is -2.14. The first-order valence-corrected chi connectivity index (χ1v) is 11.5. The first-order chi connectivity index (χ1) is 11.9. The summed E-state index contributed by atoms with van der Waals surface area (Å²) in [5.74, 6) is 0. The molecule has 0 aliphatic carbocycles. The van der Waals surface area contributed by atoms with Gasteiger partial charge in [-0.15, -0.1) is 22.7 Å². The number of hydrogen-bond donors (Lipinski definition) is 0. The van der Waals surface area contributed by atoms with Gasteiger partial charge in [0.15, 0.2) is 5.03 Å². The van der Waals surface area contributed by atoms with Crippen LogP contribution in [0.1, 0.15) is 17.6 Å². The van der Waals surface area contributed by atoms with Crippen molar-refractivity contribution in [3.63, 3.8) is 0 Å². The van der Waals surface area contributed by atoms with E-state index in [4.69, 9.17) is 0 Å². The molecule has 3 aromatic rings. The molecular weight excluding hydrogens is 442 g/mol. The monoisotopic (exact) mass is 457 g/mol. The lowest BCUT2D eigenvalue weighted by Crippen LogP contribution is -2.27. The molecule has 0 radical (unpaired) electrons. The SMILES string of the molecule is CCc1nc(CN(C)S(=O)(=O)c2csc(-c3ccc(Br)cc3)n2)cs1. The quantitative estimate of drug-likeness (QED) is 0.549. The van der Waals surface area contributed by atoms with Crippen LogP contribution in [-0.4, -0.2) is 29.7 Å². The molecule has 0 bridgehead atoms. The van der Waals surface area contributed by atoms with E-state index in [9.17, 15) is 8.42 Å². The number of benzene rings is 1. The Bertz CT molecular complexity index is 965. The number of sulfonamides is 1. The molecule has 1 aromatic carbocycles. The molecule has 0 aliphatic rings. The molecule has 25 heavy (non-hydrogen) atoms. The van der Waals surface area contributed by atoms with Crippen molar-refractivity contribution < 1.29 is 8.42 Å². The lowest BCUT2D eigenvalue weighted by atomic mass is 10.2. The molecule has 2 heterocycles. The molecule has 0 saturated heterocycles. The minimum atomic E-state index is -3.64. The van der Waals surface area contributed by atoms with Crippen LogP contribution in [0.4, 0.5) is 0 Å². The topological polar surface area (TPSA) is 63.2 Å². The zero-order valence-electron chi connectivity index (χ0n) is 13.6. The summed E-state index contributed by atoms with van der Waals surface area (Å²) in [5, 5.41) is 5.25. The molecule has 0 unspecified atom stereocenters. The molecular formula is C16H16BrN3O2S3. The first kappa shape index (κ1) is 18.7. The van der Waals surface area contributed by atoms with Gasteiger partial charge in [-0.1, -0.05) is 35.0 Å². The second kappa shape index (κ2) is 7.63. The standard InChI is InChI=1S/C16H16BrN3O2S3/c1-3-14-18-13(9-23-14)8-20(2)25(21,22)15-10-24-16(19-15)11-4-6-12(17)7-5-11/h4-7,9-10H,3,8H2,1-2H3. The number of thiazole rings is 2. The Hall–Kier alpha value is -1.13. The lowest BCUT2D eigenvalue weighted by molar-refractivity contribution is 0.460. The van der Waals surface area contributed by atoms with Crippen LogP contribution in [0.25, 0.3) is 10.6 Å². The van der Waals surface area contributed by atoms with Crippen LogP contribution in [0.3, 0.4) is 0 Å². The van der Waals surface area contributed by atoms with Crippen LogP contribution in [0, 0.1) is 0 Å². The van der Waals surface area contributed by atoms with E-state index in [1.54, 1.807) is 23.8 Å². The minimum absolute atomic E-state index is 0.0730. The van der Waals surface area contributed by atoms with Crippen LogP contribution in [0.2, 0.25) is 0 Å². The Kier molecular flexibility index (Phi) is 5.69. The maximum atomic E-state index is 12.7. The van der Waals surface area contributed by atoms with Gasteiger partial charge in [0.1, 0.15) is 5.01 Å². The summed E-state index contributed by atoms with van der Waals surface area (Å²) in [6, 6.07) is 7.63. The van der Waals surface area contributed by atoms with Gasteiger partial charge in [-0.3, -0.25) is 0 Å². The molecule has 5 nitrogen and oxygen atoms in total. The zero-order chi connectivity index (χ0) is 18.0. The van der Waals surface area contributed by atoms with Crippen molar-refractivity contribution >= 4 is 48.6 Å². The van der Waals surface area contributed by atoms with Gasteiger partial charge in [0.25, 0.3) is 10.0 Å². The molecule has 2 aromatic heterocycles. The summed E-state index contributed by atoms with van der Waals surface area (Å²) < 4.78 is 27.8. The Morgan fingerprint density at radius 1 is 1.12 bits per heavy atom. The van der Waals surface area contributed by atoms with Crippen LogP contribution in [0.15, 0.2) is 44.5 Å². The van der Waals surface area contributed by atoms with Gasteiger partial charge in [0.05, 0.1) is 17.2 Å². The molecule has 0 saturated carbocycles. The maximum Gasteiger partial charge on any atom is 0.261 e. The van der Waals surface area contributed by atoms with Crippen molar-refractivity contribution in [2.24, 2.45) is 0 Å². The average Bonchev–Trinajstić information content (AvgIpc) is 3.25. The first-order valence-electron chi connectivity index (χ1n) is 7.51. The van der Waals surface area contributed by atoms with Gasteiger partial charge in [-0.25, -0.2) is 18.4 Å². The van der Waals surface area contributed by atoms with Gasteiger partial charge in [-0.2, -0.15) is 4.31 Å². The smallest absolute Gasteiger partial charge is 0.245 e. The number of hydrogen-bond acceptors (Lipinski definition) is 6. The fourth-order valence-electron chi connectivity index (χ4n) is 2.16. The molecule has 0 fully saturated rings. The third-order valence-corrected chi connectivity index (χ3v) is 7.83. The van der Waals surface area contributed by atoms with Crippen molar-refractivity contribution in [3.05, 3.63) is 50.2 Å². The second-order valence-electron chi connectivity index (χ2n) is 5.35. The summed E-state index contributed by atoms with van der Waals surface area (Å²) in [6.07, 6.45) is 0.851. The highest BCUT2D eigenvalue weighted by atomic mass is 79.9. The van der Waals surface area contributed by atoms with E-state index in [0.717, 1.165) is 27.2 Å². The van der Waals surface area contributed by atoms with Crippen LogP contribution >= 0.6 is 38.6 Å². The minimum Gasteiger partial charge on any atom is -0.245 e. The van der Waals surface area contributed by atoms with Crippen LogP contribution in [0.5, 0.6) is 0 Å². The maximum absolute atomic E-state index is 12.7. The fraction of sp³-hybridized carbons (Fsp3) is 0.250. The molecule has 0 atom stereocenters. The van der Waals surface area contributed by atoms with E-state index in [1.165, 1.54) is 15.6 Å². The highest BCUT2D eigenvalue weighted by Crippen LogP contribution is 2.28. The zero-order valence-corrected chi connectivity index (χ0v) is 17.7. The second-order valence-corrected chi connectivity index (χ2v) is 10.1. The average molecular weight is 458 g/mol. The van der Waals surface area contributed by atoms with E-state index in [-0.39, 0.29) is 11.6 Å². The summed E-state index contributed by atoms with van der Waals surface area (Å²) in [5.41, 5.74) is 1.65. The molecule has 0 spiro atoms. The highest BCUT2D eigenvalue weighted by Gasteiger charge is 2.25. The van der Waals surface area contributed by atoms with Gasteiger partial charge in [0, 0.05) is 27.8 Å². The van der Waals surface area contributed by atoms with Crippen molar-refractivity contribution in [1.82, 2.24) is 14.3 Å². The highest BCUT2D eigenvalue weighted by molar-refractivity contribution is 9.10. The number of rotatable bonds is 6. The van der Waals surface area contributed by atoms with Crippen molar-refractivity contribution in [3.8, 4) is 10.6 Å². The third-order valence-electron chi connectivity index (χ3n) is 3.54. The van der Waals surface area contributed by atoms with Gasteiger partial charge in [0.2, 0.25) is 0 Å².